The van der Waals surface area contributed by atoms with E-state index >= 15 is 0 Å². The van der Waals surface area contributed by atoms with Gasteiger partial charge in [0, 0.05) is 18.2 Å². The molecular formula is C15H21NO2. The van der Waals surface area contributed by atoms with Crippen molar-refractivity contribution in [1.82, 2.24) is 0 Å². The number of carbonyl (C=O) groups excluding carboxylic acids is 1. The van der Waals surface area contributed by atoms with Crippen LogP contribution < -0.4 is 10.1 Å². The Morgan fingerprint density at radius 3 is 2.94 bits per heavy atom. The second-order valence-electron chi connectivity index (χ2n) is 5.25. The van der Waals surface area contributed by atoms with Crippen molar-refractivity contribution in [1.29, 1.82) is 0 Å². The number of nitrogens with one attached hydrogen (secondary N) is 1. The lowest BCUT2D eigenvalue weighted by Crippen LogP contribution is -2.18. The first-order chi connectivity index (χ1) is 8.65. The summed E-state index contributed by atoms with van der Waals surface area (Å²) in [6.45, 7) is 5.17. The highest BCUT2D eigenvalue weighted by atomic mass is 16.5. The van der Waals surface area contributed by atoms with E-state index in [1.54, 1.807) is 0 Å². The van der Waals surface area contributed by atoms with Gasteiger partial charge in [-0.05, 0) is 36.8 Å². The fourth-order valence-electron chi connectivity index (χ4n) is 2.12. The normalized spacial score (nSPS) is 14.3. The molecule has 1 N–H and O–H groups in total. The highest BCUT2D eigenvalue weighted by Crippen LogP contribution is 2.27. The number of amides is 1. The van der Waals surface area contributed by atoms with E-state index in [2.05, 4.69) is 19.2 Å². The third kappa shape index (κ3) is 3.49. The van der Waals surface area contributed by atoms with Crippen molar-refractivity contribution in [2.45, 2.75) is 39.5 Å². The average Bonchev–Trinajstić information content (AvgIpc) is 2.34. The molecule has 0 fully saturated rings. The molecule has 2 rings (SSSR count). The quantitative estimate of drug-likeness (QED) is 0.810. The number of carbonyl (C=O) groups is 1. The number of benzene rings is 1. The van der Waals surface area contributed by atoms with Gasteiger partial charge in [0.1, 0.15) is 5.75 Å². The molecule has 0 spiro atoms. The van der Waals surface area contributed by atoms with Gasteiger partial charge in [0.2, 0.25) is 5.91 Å². The highest BCUT2D eigenvalue weighted by molar-refractivity contribution is 5.94. The molecule has 1 amide bonds. The van der Waals surface area contributed by atoms with Crippen LogP contribution in [-0.2, 0) is 11.2 Å². The number of hydrogen-bond donors (Lipinski definition) is 1. The zero-order chi connectivity index (χ0) is 13.0. The number of aryl methyl sites for hydroxylation is 1. The van der Waals surface area contributed by atoms with Gasteiger partial charge < -0.3 is 10.1 Å². The Morgan fingerprint density at radius 2 is 2.17 bits per heavy atom. The molecule has 3 nitrogen and oxygen atoms in total. The Balaban J connectivity index is 1.90. The van der Waals surface area contributed by atoms with E-state index in [0.717, 1.165) is 36.8 Å². The summed E-state index contributed by atoms with van der Waals surface area (Å²) in [5.74, 6) is 1.66. The van der Waals surface area contributed by atoms with Crippen molar-refractivity contribution >= 4 is 11.6 Å². The van der Waals surface area contributed by atoms with E-state index in [4.69, 9.17) is 4.74 Å². The molecular weight excluding hydrogens is 226 g/mol. The summed E-state index contributed by atoms with van der Waals surface area (Å²) in [6.07, 6.45) is 3.67. The largest absolute Gasteiger partial charge is 0.494 e. The Bertz CT molecular complexity index is 427. The van der Waals surface area contributed by atoms with Crippen LogP contribution in [0, 0.1) is 5.92 Å². The van der Waals surface area contributed by atoms with Gasteiger partial charge in [0.05, 0.1) is 6.61 Å². The minimum absolute atomic E-state index is 0.0967. The fourth-order valence-corrected chi connectivity index (χ4v) is 2.12. The molecule has 1 aliphatic rings. The van der Waals surface area contributed by atoms with Gasteiger partial charge in [-0.2, -0.15) is 0 Å². The van der Waals surface area contributed by atoms with Crippen LogP contribution in [0.4, 0.5) is 5.69 Å². The molecule has 0 unspecified atom stereocenters. The van der Waals surface area contributed by atoms with Gasteiger partial charge in [-0.1, -0.05) is 19.9 Å². The predicted octanol–water partition coefficient (Wildman–Crippen LogP) is 3.39. The minimum Gasteiger partial charge on any atom is -0.494 e. The second-order valence-corrected chi connectivity index (χ2v) is 5.25. The van der Waals surface area contributed by atoms with Gasteiger partial charge in [0.15, 0.2) is 0 Å². The lowest BCUT2D eigenvalue weighted by Gasteiger charge is -2.17. The molecule has 0 aromatic heterocycles. The molecule has 18 heavy (non-hydrogen) atoms. The van der Waals surface area contributed by atoms with E-state index in [0.29, 0.717) is 6.42 Å². The maximum absolute atomic E-state index is 11.3. The molecule has 0 aliphatic carbocycles. The Labute approximate surface area is 109 Å². The van der Waals surface area contributed by atoms with Crippen LogP contribution >= 0.6 is 0 Å². The monoisotopic (exact) mass is 247 g/mol. The zero-order valence-electron chi connectivity index (χ0n) is 11.2. The molecule has 0 atom stereocenters. The highest BCUT2D eigenvalue weighted by Gasteiger charge is 2.14. The van der Waals surface area contributed by atoms with E-state index in [1.165, 1.54) is 12.0 Å². The van der Waals surface area contributed by atoms with Crippen LogP contribution in [0.3, 0.4) is 0 Å². The SMILES string of the molecule is CC(C)CCCOc1ccc2c(c1)NC(=O)CC2. The number of rotatable bonds is 5. The molecule has 0 bridgehead atoms. The van der Waals surface area contributed by atoms with E-state index < -0.39 is 0 Å². The van der Waals surface area contributed by atoms with Gasteiger partial charge in [-0.3, -0.25) is 4.79 Å². The van der Waals surface area contributed by atoms with E-state index in [9.17, 15) is 4.79 Å². The van der Waals surface area contributed by atoms with E-state index in [1.807, 2.05) is 18.2 Å². The van der Waals surface area contributed by atoms with Gasteiger partial charge in [-0.25, -0.2) is 0 Å². The van der Waals surface area contributed by atoms with Gasteiger partial charge in [-0.15, -0.1) is 0 Å². The summed E-state index contributed by atoms with van der Waals surface area (Å²) in [5, 5.41) is 2.89. The molecule has 1 aromatic carbocycles. The van der Waals surface area contributed by atoms with Crippen molar-refractivity contribution in [2.24, 2.45) is 5.92 Å². The first-order valence-electron chi connectivity index (χ1n) is 6.71. The third-order valence-corrected chi connectivity index (χ3v) is 3.17. The topological polar surface area (TPSA) is 38.3 Å². The fraction of sp³-hybridized carbons (Fsp3) is 0.533. The minimum atomic E-state index is 0.0967. The maximum atomic E-state index is 11.3. The first kappa shape index (κ1) is 12.9. The summed E-state index contributed by atoms with van der Waals surface area (Å²) in [6, 6.07) is 5.97. The van der Waals surface area contributed by atoms with Crippen LogP contribution in [0.15, 0.2) is 18.2 Å². The van der Waals surface area contributed by atoms with Crippen molar-refractivity contribution in [2.75, 3.05) is 11.9 Å². The molecule has 98 valence electrons. The number of hydrogen-bond acceptors (Lipinski definition) is 2. The summed E-state index contributed by atoms with van der Waals surface area (Å²) in [5.41, 5.74) is 2.11. The summed E-state index contributed by atoms with van der Waals surface area (Å²) >= 11 is 0. The molecule has 0 radical (unpaired) electrons. The summed E-state index contributed by atoms with van der Waals surface area (Å²) in [4.78, 5) is 11.3. The number of fused-ring (bicyclic) bond motifs is 1. The number of ether oxygens (including phenoxy) is 1. The third-order valence-electron chi connectivity index (χ3n) is 3.17. The second kappa shape index (κ2) is 5.89. The lowest BCUT2D eigenvalue weighted by atomic mass is 10.0. The summed E-state index contributed by atoms with van der Waals surface area (Å²) < 4.78 is 5.71. The average molecular weight is 247 g/mol. The first-order valence-corrected chi connectivity index (χ1v) is 6.71. The van der Waals surface area contributed by atoms with Crippen molar-refractivity contribution in [3.8, 4) is 5.75 Å². The molecule has 0 saturated heterocycles. The standard InChI is InChI=1S/C15H21NO2/c1-11(2)4-3-9-18-13-7-5-12-6-8-15(17)16-14(12)10-13/h5,7,10-11H,3-4,6,8-9H2,1-2H3,(H,16,17). The van der Waals surface area contributed by atoms with Crippen LogP contribution in [0.2, 0.25) is 0 Å². The molecule has 1 heterocycles. The van der Waals surface area contributed by atoms with Crippen LogP contribution in [0.1, 0.15) is 38.7 Å². The maximum Gasteiger partial charge on any atom is 0.224 e. The van der Waals surface area contributed by atoms with Gasteiger partial charge >= 0.3 is 0 Å². The summed E-state index contributed by atoms with van der Waals surface area (Å²) in [7, 11) is 0. The number of anilines is 1. The molecule has 1 aliphatic heterocycles. The molecule has 3 heteroatoms. The zero-order valence-corrected chi connectivity index (χ0v) is 11.2. The Kier molecular flexibility index (Phi) is 4.24. The predicted molar refractivity (Wildman–Crippen MR) is 73.0 cm³/mol. The van der Waals surface area contributed by atoms with Crippen LogP contribution in [-0.4, -0.2) is 12.5 Å². The van der Waals surface area contributed by atoms with E-state index in [-0.39, 0.29) is 5.91 Å². The van der Waals surface area contributed by atoms with Crippen molar-refractivity contribution in [3.63, 3.8) is 0 Å². The Hall–Kier alpha value is -1.51. The van der Waals surface area contributed by atoms with Crippen LogP contribution in [0.25, 0.3) is 0 Å². The van der Waals surface area contributed by atoms with Gasteiger partial charge in [0.25, 0.3) is 0 Å². The smallest absolute Gasteiger partial charge is 0.224 e. The Morgan fingerprint density at radius 1 is 1.33 bits per heavy atom. The lowest BCUT2D eigenvalue weighted by molar-refractivity contribution is -0.116. The molecule has 0 saturated carbocycles. The van der Waals surface area contributed by atoms with Crippen LogP contribution in [0.5, 0.6) is 5.75 Å². The van der Waals surface area contributed by atoms with Crippen molar-refractivity contribution in [3.05, 3.63) is 23.8 Å². The molecule has 1 aromatic rings. The van der Waals surface area contributed by atoms with Crippen molar-refractivity contribution < 1.29 is 9.53 Å².